The molecule has 0 radical (unpaired) electrons. The van der Waals surface area contributed by atoms with Crippen molar-refractivity contribution in [2.75, 3.05) is 19.0 Å². The molecule has 6 nitrogen and oxygen atoms in total. The lowest BCUT2D eigenvalue weighted by atomic mass is 10.2. The highest BCUT2D eigenvalue weighted by Crippen LogP contribution is 2.29. The predicted molar refractivity (Wildman–Crippen MR) is 105 cm³/mol. The molecule has 1 amide bonds. The first kappa shape index (κ1) is 18.1. The molecule has 8 heteroatoms. The summed E-state index contributed by atoms with van der Waals surface area (Å²) >= 11 is 2.91. The molecule has 3 aromatic rings. The Kier molecular flexibility index (Phi) is 5.98. The zero-order valence-corrected chi connectivity index (χ0v) is 15.9. The number of hydrogen-bond acceptors (Lipinski definition) is 7. The highest BCUT2D eigenvalue weighted by atomic mass is 32.1. The molecule has 0 saturated heterocycles. The van der Waals surface area contributed by atoms with Crippen molar-refractivity contribution in [1.29, 1.82) is 0 Å². The Hall–Kier alpha value is -2.71. The topological polar surface area (TPSA) is 73.3 Å². The normalized spacial score (nSPS) is 10.8. The molecular weight excluding hydrogens is 370 g/mol. The maximum atomic E-state index is 12.1. The highest BCUT2D eigenvalue weighted by molar-refractivity contribution is 7.19. The fraction of sp³-hybridized carbons (Fsp3) is 0.167. The molecule has 0 unspecified atom stereocenters. The highest BCUT2D eigenvalue weighted by Gasteiger charge is 2.12. The number of nitrogens with one attached hydrogen (secondary N) is 1. The minimum atomic E-state index is -0.308. The quantitative estimate of drug-likeness (QED) is 0.653. The monoisotopic (exact) mass is 387 g/mol. The van der Waals surface area contributed by atoms with Crippen LogP contribution < -0.4 is 14.8 Å². The Morgan fingerprint density at radius 2 is 2.15 bits per heavy atom. The summed E-state index contributed by atoms with van der Waals surface area (Å²) in [5.74, 6) is 0.772. The van der Waals surface area contributed by atoms with Crippen molar-refractivity contribution in [3.8, 4) is 22.1 Å². The number of ether oxygens (including phenoxy) is 2. The standard InChI is InChI=1S/C18H17N3O3S2/c1-3-4-12-5-6-14(15(9-12)23-2)24-10-16(22)19-18-21-20-17(26-18)13-7-8-25-11-13/h3-9,11H,10H2,1-2H3,(H,19,21,22)/b4-3+. The number of aromatic nitrogens is 2. The van der Waals surface area contributed by atoms with Crippen molar-refractivity contribution < 1.29 is 14.3 Å². The van der Waals surface area contributed by atoms with Gasteiger partial charge in [0.2, 0.25) is 5.13 Å². The molecule has 3 rings (SSSR count). The van der Waals surface area contributed by atoms with E-state index < -0.39 is 0 Å². The van der Waals surface area contributed by atoms with Crippen molar-refractivity contribution in [3.05, 3.63) is 46.7 Å². The lowest BCUT2D eigenvalue weighted by Gasteiger charge is -2.10. The SMILES string of the molecule is C/C=C/c1ccc(OCC(=O)Nc2nnc(-c3ccsc3)s2)c(OC)c1. The molecular formula is C18H17N3O3S2. The second-order valence-electron chi connectivity index (χ2n) is 5.17. The molecule has 0 aliphatic rings. The van der Waals surface area contributed by atoms with Gasteiger partial charge in [-0.3, -0.25) is 10.1 Å². The summed E-state index contributed by atoms with van der Waals surface area (Å²) < 4.78 is 10.9. The van der Waals surface area contributed by atoms with Crippen molar-refractivity contribution in [2.24, 2.45) is 0 Å². The molecule has 0 aliphatic carbocycles. The molecule has 0 spiro atoms. The molecule has 134 valence electrons. The first-order chi connectivity index (χ1) is 12.7. The van der Waals surface area contributed by atoms with Crippen LogP contribution in [0.3, 0.4) is 0 Å². The van der Waals surface area contributed by atoms with Gasteiger partial charge in [-0.2, -0.15) is 11.3 Å². The average molecular weight is 387 g/mol. The number of amides is 1. The predicted octanol–water partition coefficient (Wildman–Crippen LogP) is 4.33. The zero-order chi connectivity index (χ0) is 18.4. The van der Waals surface area contributed by atoms with Crippen molar-refractivity contribution in [2.45, 2.75) is 6.92 Å². The number of thiophene rings is 1. The van der Waals surface area contributed by atoms with Crippen molar-refractivity contribution in [3.63, 3.8) is 0 Å². The van der Waals surface area contributed by atoms with Crippen molar-refractivity contribution in [1.82, 2.24) is 10.2 Å². The maximum absolute atomic E-state index is 12.1. The second-order valence-corrected chi connectivity index (χ2v) is 6.93. The van der Waals surface area contributed by atoms with Gasteiger partial charge in [0.15, 0.2) is 18.1 Å². The Morgan fingerprint density at radius 1 is 1.27 bits per heavy atom. The van der Waals surface area contributed by atoms with E-state index in [-0.39, 0.29) is 12.5 Å². The Labute approximate surface area is 159 Å². The van der Waals surface area contributed by atoms with E-state index in [0.717, 1.165) is 16.1 Å². The van der Waals surface area contributed by atoms with Gasteiger partial charge in [-0.05, 0) is 36.1 Å². The number of methoxy groups -OCH3 is 1. The minimum absolute atomic E-state index is 0.146. The van der Waals surface area contributed by atoms with E-state index in [1.165, 1.54) is 11.3 Å². The summed E-state index contributed by atoms with van der Waals surface area (Å²) in [4.78, 5) is 12.1. The Balaban J connectivity index is 1.59. The summed E-state index contributed by atoms with van der Waals surface area (Å²) in [5.41, 5.74) is 1.99. The molecule has 0 fully saturated rings. The fourth-order valence-electron chi connectivity index (χ4n) is 2.17. The van der Waals surface area contributed by atoms with E-state index in [2.05, 4.69) is 15.5 Å². The molecule has 0 atom stereocenters. The van der Waals surface area contributed by atoms with E-state index >= 15 is 0 Å². The molecule has 0 saturated carbocycles. The number of anilines is 1. The summed E-state index contributed by atoms with van der Waals surface area (Å²) in [6.45, 7) is 1.80. The number of benzene rings is 1. The zero-order valence-electron chi connectivity index (χ0n) is 14.3. The van der Waals surface area contributed by atoms with Crippen LogP contribution in [-0.2, 0) is 4.79 Å². The molecule has 1 N–H and O–H groups in total. The van der Waals surface area contributed by atoms with Crippen molar-refractivity contribution >= 4 is 39.8 Å². The van der Waals surface area contributed by atoms with Crippen LogP contribution in [0.2, 0.25) is 0 Å². The van der Waals surface area contributed by atoms with Gasteiger partial charge in [0, 0.05) is 10.9 Å². The summed E-state index contributed by atoms with van der Waals surface area (Å²) in [5, 5.41) is 15.9. The second kappa shape index (κ2) is 8.59. The lowest BCUT2D eigenvalue weighted by molar-refractivity contribution is -0.118. The minimum Gasteiger partial charge on any atom is -0.493 e. The van der Waals surface area contributed by atoms with Gasteiger partial charge in [0.25, 0.3) is 5.91 Å². The first-order valence-electron chi connectivity index (χ1n) is 7.79. The molecule has 2 aromatic heterocycles. The first-order valence-corrected chi connectivity index (χ1v) is 9.55. The Morgan fingerprint density at radius 3 is 2.88 bits per heavy atom. The van der Waals surface area contributed by atoms with Gasteiger partial charge in [0.05, 0.1) is 7.11 Å². The molecule has 0 aliphatic heterocycles. The van der Waals surface area contributed by atoms with Gasteiger partial charge in [-0.25, -0.2) is 0 Å². The summed E-state index contributed by atoms with van der Waals surface area (Å²) in [6.07, 6.45) is 3.90. The van der Waals surface area contributed by atoms with E-state index in [1.54, 1.807) is 24.5 Å². The molecule has 2 heterocycles. The number of carbonyl (C=O) groups is 1. The summed E-state index contributed by atoms with van der Waals surface area (Å²) in [7, 11) is 1.56. The van der Waals surface area contributed by atoms with Gasteiger partial charge in [-0.15, -0.1) is 10.2 Å². The number of carbonyl (C=O) groups excluding carboxylic acids is 1. The lowest BCUT2D eigenvalue weighted by Crippen LogP contribution is -2.20. The number of hydrogen-bond donors (Lipinski definition) is 1. The number of nitrogens with zero attached hydrogens (tertiary/aromatic N) is 2. The van der Waals surface area contributed by atoms with Crippen LogP contribution in [0.25, 0.3) is 16.6 Å². The van der Waals surface area contributed by atoms with E-state index in [0.29, 0.717) is 16.6 Å². The third-order valence-corrected chi connectivity index (χ3v) is 4.92. The van der Waals surface area contributed by atoms with E-state index in [4.69, 9.17) is 9.47 Å². The van der Waals surface area contributed by atoms with Crippen LogP contribution in [0.4, 0.5) is 5.13 Å². The van der Waals surface area contributed by atoms with Gasteiger partial charge >= 0.3 is 0 Å². The van der Waals surface area contributed by atoms with Crippen LogP contribution in [0, 0.1) is 0 Å². The summed E-state index contributed by atoms with van der Waals surface area (Å²) in [6, 6.07) is 7.49. The maximum Gasteiger partial charge on any atom is 0.264 e. The number of rotatable bonds is 7. The third-order valence-electron chi connectivity index (χ3n) is 3.35. The van der Waals surface area contributed by atoms with Crippen LogP contribution in [0.1, 0.15) is 12.5 Å². The van der Waals surface area contributed by atoms with Crippen LogP contribution in [-0.4, -0.2) is 29.8 Å². The molecule has 0 bridgehead atoms. The van der Waals surface area contributed by atoms with Crippen LogP contribution in [0.15, 0.2) is 41.1 Å². The third kappa shape index (κ3) is 4.47. The van der Waals surface area contributed by atoms with Gasteiger partial charge in [0.1, 0.15) is 5.01 Å². The number of allylic oxidation sites excluding steroid dienone is 1. The smallest absolute Gasteiger partial charge is 0.264 e. The average Bonchev–Trinajstić information content (AvgIpc) is 3.32. The largest absolute Gasteiger partial charge is 0.493 e. The van der Waals surface area contributed by atoms with Crippen LogP contribution >= 0.6 is 22.7 Å². The molecule has 1 aromatic carbocycles. The molecule has 26 heavy (non-hydrogen) atoms. The van der Waals surface area contributed by atoms with Crippen LogP contribution in [0.5, 0.6) is 11.5 Å². The van der Waals surface area contributed by atoms with Gasteiger partial charge in [-0.1, -0.05) is 29.6 Å². The van der Waals surface area contributed by atoms with E-state index in [1.807, 2.05) is 48.0 Å². The van der Waals surface area contributed by atoms with Gasteiger partial charge < -0.3 is 9.47 Å². The fourth-order valence-corrected chi connectivity index (χ4v) is 3.65. The van der Waals surface area contributed by atoms with E-state index in [9.17, 15) is 4.79 Å². The Bertz CT molecular complexity index is 904.